The Balaban J connectivity index is 1.34. The Kier molecular flexibility index (Phi) is 6.40. The minimum absolute atomic E-state index is 0.0342. The molecular formula is C28H28N4O2. The Morgan fingerprint density at radius 1 is 0.882 bits per heavy atom. The average Bonchev–Trinajstić information content (AvgIpc) is 2.90. The predicted molar refractivity (Wildman–Crippen MR) is 136 cm³/mol. The summed E-state index contributed by atoms with van der Waals surface area (Å²) in [6.45, 7) is 4.05. The van der Waals surface area contributed by atoms with E-state index in [2.05, 4.69) is 39.5 Å². The van der Waals surface area contributed by atoms with Crippen molar-refractivity contribution in [1.82, 2.24) is 14.8 Å². The van der Waals surface area contributed by atoms with Gasteiger partial charge < -0.3 is 15.0 Å². The molecular weight excluding hydrogens is 424 g/mol. The lowest BCUT2D eigenvalue weighted by molar-refractivity contribution is 0.0630. The first-order valence-electron chi connectivity index (χ1n) is 11.6. The van der Waals surface area contributed by atoms with Crippen LogP contribution in [0.15, 0.2) is 85.1 Å². The highest BCUT2D eigenvalue weighted by molar-refractivity contribution is 6.09. The average molecular weight is 453 g/mol. The van der Waals surface area contributed by atoms with Crippen molar-refractivity contribution in [2.24, 2.45) is 0 Å². The number of carbonyl (C=O) groups excluding carboxylic acids is 1. The number of methoxy groups -OCH3 is 1. The molecule has 4 aromatic rings. The molecule has 1 aromatic heterocycles. The second-order valence-corrected chi connectivity index (χ2v) is 8.45. The summed E-state index contributed by atoms with van der Waals surface area (Å²) in [7, 11) is 1.65. The zero-order chi connectivity index (χ0) is 23.3. The molecule has 1 aliphatic rings. The van der Waals surface area contributed by atoms with Crippen molar-refractivity contribution in [2.75, 3.05) is 38.6 Å². The fraction of sp³-hybridized carbons (Fsp3) is 0.214. The minimum Gasteiger partial charge on any atom is -0.495 e. The minimum atomic E-state index is 0.0342. The van der Waals surface area contributed by atoms with Crippen molar-refractivity contribution < 1.29 is 9.53 Å². The van der Waals surface area contributed by atoms with Crippen molar-refractivity contribution in [3.8, 4) is 5.75 Å². The van der Waals surface area contributed by atoms with Gasteiger partial charge in [0.1, 0.15) is 11.6 Å². The number of ether oxygens (including phenoxy) is 1. The molecule has 0 saturated carbocycles. The van der Waals surface area contributed by atoms with Crippen molar-refractivity contribution in [2.45, 2.75) is 6.54 Å². The lowest BCUT2D eigenvalue weighted by Crippen LogP contribution is -2.48. The van der Waals surface area contributed by atoms with Gasteiger partial charge >= 0.3 is 0 Å². The standard InChI is InChI=1S/C28H28N4O2/c1-34-26-14-8-7-13-25(26)30-27-23-12-6-5-11-22(23)24(19-29-27)28(33)32-17-15-31(16-18-32)20-21-9-3-2-4-10-21/h2-14,19H,15-18,20H2,1H3,(H,29,30). The molecule has 3 aromatic carbocycles. The van der Waals surface area contributed by atoms with Gasteiger partial charge in [-0.2, -0.15) is 0 Å². The van der Waals surface area contributed by atoms with Crippen LogP contribution in [0.1, 0.15) is 15.9 Å². The number of anilines is 2. The molecule has 0 spiro atoms. The van der Waals surface area contributed by atoms with Crippen LogP contribution in [0.25, 0.3) is 10.8 Å². The highest BCUT2D eigenvalue weighted by Crippen LogP contribution is 2.31. The number of hydrogen-bond donors (Lipinski definition) is 1. The Morgan fingerprint density at radius 2 is 1.56 bits per heavy atom. The first kappa shape index (κ1) is 21.9. The van der Waals surface area contributed by atoms with Crippen LogP contribution in [-0.4, -0.2) is 54.0 Å². The number of nitrogens with zero attached hydrogens (tertiary/aromatic N) is 3. The van der Waals surface area contributed by atoms with Crippen molar-refractivity contribution >= 4 is 28.2 Å². The number of rotatable bonds is 6. The number of benzene rings is 3. The molecule has 1 aliphatic heterocycles. The molecule has 0 radical (unpaired) electrons. The lowest BCUT2D eigenvalue weighted by Gasteiger charge is -2.35. The lowest BCUT2D eigenvalue weighted by atomic mass is 10.1. The first-order chi connectivity index (χ1) is 16.7. The van der Waals surface area contributed by atoms with E-state index in [1.807, 2.05) is 59.5 Å². The van der Waals surface area contributed by atoms with Crippen molar-refractivity contribution in [3.05, 3.63) is 96.2 Å². The number of pyridine rings is 1. The van der Waals surface area contributed by atoms with E-state index in [1.54, 1.807) is 13.3 Å². The van der Waals surface area contributed by atoms with Crippen LogP contribution >= 0.6 is 0 Å². The van der Waals surface area contributed by atoms with Gasteiger partial charge in [0.25, 0.3) is 5.91 Å². The largest absolute Gasteiger partial charge is 0.495 e. The number of aromatic nitrogens is 1. The van der Waals surface area contributed by atoms with E-state index >= 15 is 0 Å². The van der Waals surface area contributed by atoms with Crippen LogP contribution in [-0.2, 0) is 6.54 Å². The van der Waals surface area contributed by atoms with Crippen molar-refractivity contribution in [3.63, 3.8) is 0 Å². The summed E-state index contributed by atoms with van der Waals surface area (Å²) in [4.78, 5) is 22.5. The molecule has 1 amide bonds. The smallest absolute Gasteiger partial charge is 0.256 e. The number of piperazine rings is 1. The fourth-order valence-electron chi connectivity index (χ4n) is 4.46. The normalized spacial score (nSPS) is 14.2. The van der Waals surface area contributed by atoms with E-state index in [1.165, 1.54) is 5.56 Å². The third-order valence-corrected chi connectivity index (χ3v) is 6.29. The van der Waals surface area contributed by atoms with Crippen LogP contribution in [0.2, 0.25) is 0 Å². The second kappa shape index (κ2) is 9.93. The monoisotopic (exact) mass is 452 g/mol. The summed E-state index contributed by atoms with van der Waals surface area (Å²) >= 11 is 0. The second-order valence-electron chi connectivity index (χ2n) is 8.45. The van der Waals surface area contributed by atoms with Crippen LogP contribution < -0.4 is 10.1 Å². The summed E-state index contributed by atoms with van der Waals surface area (Å²) in [5.41, 5.74) is 2.77. The van der Waals surface area contributed by atoms with Crippen LogP contribution in [0, 0.1) is 0 Å². The zero-order valence-electron chi connectivity index (χ0n) is 19.3. The van der Waals surface area contributed by atoms with E-state index in [4.69, 9.17) is 4.74 Å². The maximum atomic E-state index is 13.5. The van der Waals surface area contributed by atoms with E-state index in [-0.39, 0.29) is 5.91 Å². The Hall–Kier alpha value is -3.90. The van der Waals surface area contributed by atoms with Gasteiger partial charge in [-0.3, -0.25) is 9.69 Å². The van der Waals surface area contributed by atoms with Gasteiger partial charge in [0.05, 0.1) is 18.4 Å². The number of hydrogen-bond acceptors (Lipinski definition) is 5. The number of carbonyl (C=O) groups is 1. The number of amides is 1. The quantitative estimate of drug-likeness (QED) is 0.449. The summed E-state index contributed by atoms with van der Waals surface area (Å²) in [5, 5.41) is 5.17. The van der Waals surface area contributed by atoms with Crippen molar-refractivity contribution in [1.29, 1.82) is 0 Å². The van der Waals surface area contributed by atoms with Gasteiger partial charge in [0.15, 0.2) is 0 Å². The molecule has 0 aliphatic carbocycles. The summed E-state index contributed by atoms with van der Waals surface area (Å²) in [5.74, 6) is 1.47. The molecule has 0 bridgehead atoms. The van der Waals surface area contributed by atoms with Crippen LogP contribution in [0.5, 0.6) is 5.75 Å². The SMILES string of the molecule is COc1ccccc1Nc1ncc(C(=O)N2CCN(Cc3ccccc3)CC2)c2ccccc12. The molecule has 1 saturated heterocycles. The Labute approximate surface area is 199 Å². The van der Waals surface area contributed by atoms with Gasteiger partial charge in [-0.25, -0.2) is 4.98 Å². The predicted octanol–water partition coefficient (Wildman–Crippen LogP) is 4.95. The zero-order valence-corrected chi connectivity index (χ0v) is 19.3. The molecule has 5 rings (SSSR count). The fourth-order valence-corrected chi connectivity index (χ4v) is 4.46. The highest BCUT2D eigenvalue weighted by Gasteiger charge is 2.24. The Morgan fingerprint density at radius 3 is 2.32 bits per heavy atom. The summed E-state index contributed by atoms with van der Waals surface area (Å²) < 4.78 is 5.46. The summed E-state index contributed by atoms with van der Waals surface area (Å²) in [6.07, 6.45) is 1.69. The maximum absolute atomic E-state index is 13.5. The molecule has 2 heterocycles. The molecule has 0 unspecified atom stereocenters. The van der Waals surface area contributed by atoms with E-state index in [9.17, 15) is 4.79 Å². The molecule has 1 fully saturated rings. The van der Waals surface area contributed by atoms with Gasteiger partial charge in [0.2, 0.25) is 0 Å². The number of nitrogens with one attached hydrogen (secondary N) is 1. The number of para-hydroxylation sites is 2. The van der Waals surface area contributed by atoms with Gasteiger partial charge in [-0.15, -0.1) is 0 Å². The van der Waals surface area contributed by atoms with E-state index in [0.717, 1.165) is 41.8 Å². The number of fused-ring (bicyclic) bond motifs is 1. The van der Waals surface area contributed by atoms with Crippen LogP contribution in [0.4, 0.5) is 11.5 Å². The summed E-state index contributed by atoms with van der Waals surface area (Å²) in [6, 6.07) is 26.1. The van der Waals surface area contributed by atoms with E-state index < -0.39 is 0 Å². The topological polar surface area (TPSA) is 57.7 Å². The highest BCUT2D eigenvalue weighted by atomic mass is 16.5. The molecule has 0 atom stereocenters. The molecule has 34 heavy (non-hydrogen) atoms. The first-order valence-corrected chi connectivity index (χ1v) is 11.6. The third-order valence-electron chi connectivity index (χ3n) is 6.29. The van der Waals surface area contributed by atoms with Gasteiger partial charge in [0, 0.05) is 44.3 Å². The van der Waals surface area contributed by atoms with Gasteiger partial charge in [-0.1, -0.05) is 66.7 Å². The van der Waals surface area contributed by atoms with Gasteiger partial charge in [-0.05, 0) is 23.1 Å². The molecule has 1 N–H and O–H groups in total. The molecule has 172 valence electrons. The Bertz CT molecular complexity index is 1280. The molecule has 6 heteroatoms. The van der Waals surface area contributed by atoms with Crippen LogP contribution in [0.3, 0.4) is 0 Å². The maximum Gasteiger partial charge on any atom is 0.256 e. The third kappa shape index (κ3) is 4.58. The molecule has 6 nitrogen and oxygen atoms in total. The van der Waals surface area contributed by atoms with E-state index in [0.29, 0.717) is 24.5 Å².